The quantitative estimate of drug-likeness (QED) is 0.814. The predicted octanol–water partition coefficient (Wildman–Crippen LogP) is 1.70. The Labute approximate surface area is 130 Å². The van der Waals surface area contributed by atoms with Crippen molar-refractivity contribution in [3.8, 4) is 11.8 Å². The highest BCUT2D eigenvalue weighted by Crippen LogP contribution is 2.16. The zero-order chi connectivity index (χ0) is 15.1. The Morgan fingerprint density at radius 2 is 2.29 bits per heavy atom. The van der Waals surface area contributed by atoms with Crippen LogP contribution in [0.2, 0.25) is 0 Å². The van der Waals surface area contributed by atoms with Crippen molar-refractivity contribution < 1.29 is 9.90 Å². The second kappa shape index (κ2) is 8.18. The van der Waals surface area contributed by atoms with E-state index < -0.39 is 0 Å². The maximum Gasteiger partial charge on any atom is 0.262 e. The van der Waals surface area contributed by atoms with Gasteiger partial charge in [-0.05, 0) is 44.3 Å². The molecule has 1 atom stereocenters. The van der Waals surface area contributed by atoms with E-state index in [1.807, 2.05) is 11.4 Å². The first-order valence-electron chi connectivity index (χ1n) is 7.42. The van der Waals surface area contributed by atoms with Crippen molar-refractivity contribution in [1.82, 2.24) is 10.2 Å². The zero-order valence-electron chi connectivity index (χ0n) is 12.4. The molecule has 114 valence electrons. The van der Waals surface area contributed by atoms with Crippen molar-refractivity contribution in [1.29, 1.82) is 0 Å². The molecule has 1 amide bonds. The third-order valence-electron chi connectivity index (χ3n) is 3.65. The number of thiophene rings is 1. The SMILES string of the molecule is CC(CNC(=O)c1sccc1C#CCCO)N1CCCC1. The maximum absolute atomic E-state index is 12.2. The summed E-state index contributed by atoms with van der Waals surface area (Å²) in [6.07, 6.45) is 2.95. The first-order chi connectivity index (χ1) is 10.2. The lowest BCUT2D eigenvalue weighted by Gasteiger charge is -2.23. The average Bonchev–Trinajstić information content (AvgIpc) is 3.15. The summed E-state index contributed by atoms with van der Waals surface area (Å²) in [5.41, 5.74) is 0.750. The molecule has 5 heteroatoms. The topological polar surface area (TPSA) is 52.6 Å². The maximum atomic E-state index is 12.2. The molecule has 0 spiro atoms. The van der Waals surface area contributed by atoms with E-state index in [0.717, 1.165) is 18.7 Å². The van der Waals surface area contributed by atoms with Crippen LogP contribution < -0.4 is 5.32 Å². The standard InChI is InChI=1S/C16H22N2O2S/c1-13(18-8-3-4-9-18)12-17-16(20)15-14(7-11-21-15)6-2-5-10-19/h7,11,13,19H,3-5,8-10,12H2,1H3,(H,17,20). The molecule has 1 saturated heterocycles. The smallest absolute Gasteiger partial charge is 0.262 e. The van der Waals surface area contributed by atoms with Gasteiger partial charge in [0, 0.05) is 24.6 Å². The normalized spacial score (nSPS) is 16.3. The molecular weight excluding hydrogens is 284 g/mol. The van der Waals surface area contributed by atoms with Crippen LogP contribution in [0.15, 0.2) is 11.4 Å². The van der Waals surface area contributed by atoms with Crippen molar-refractivity contribution in [2.45, 2.75) is 32.2 Å². The number of nitrogens with zero attached hydrogens (tertiary/aromatic N) is 1. The molecule has 1 unspecified atom stereocenters. The van der Waals surface area contributed by atoms with Gasteiger partial charge < -0.3 is 10.4 Å². The number of carbonyl (C=O) groups excluding carboxylic acids is 1. The van der Waals surface area contributed by atoms with Gasteiger partial charge in [0.15, 0.2) is 0 Å². The average molecular weight is 306 g/mol. The van der Waals surface area contributed by atoms with Crippen LogP contribution in [0.4, 0.5) is 0 Å². The van der Waals surface area contributed by atoms with Gasteiger partial charge in [-0.15, -0.1) is 11.3 Å². The molecule has 1 aliphatic heterocycles. The van der Waals surface area contributed by atoms with Gasteiger partial charge in [-0.25, -0.2) is 0 Å². The fraction of sp³-hybridized carbons (Fsp3) is 0.562. The summed E-state index contributed by atoms with van der Waals surface area (Å²) in [6, 6.07) is 2.23. The third kappa shape index (κ3) is 4.57. The summed E-state index contributed by atoms with van der Waals surface area (Å²) in [5, 5.41) is 13.6. The molecular formula is C16H22N2O2S. The van der Waals surface area contributed by atoms with Crippen molar-refractivity contribution in [2.75, 3.05) is 26.2 Å². The van der Waals surface area contributed by atoms with E-state index in [1.54, 1.807) is 0 Å². The molecule has 1 aliphatic rings. The Balaban J connectivity index is 1.88. The summed E-state index contributed by atoms with van der Waals surface area (Å²) < 4.78 is 0. The zero-order valence-corrected chi connectivity index (χ0v) is 13.2. The Hall–Kier alpha value is -1.35. The molecule has 0 aromatic carbocycles. The molecule has 21 heavy (non-hydrogen) atoms. The van der Waals surface area contributed by atoms with Gasteiger partial charge in [-0.3, -0.25) is 9.69 Å². The van der Waals surface area contributed by atoms with Crippen LogP contribution in [0.1, 0.15) is 41.4 Å². The lowest BCUT2D eigenvalue weighted by atomic mass is 10.2. The highest BCUT2D eigenvalue weighted by Gasteiger charge is 2.19. The molecule has 2 heterocycles. The van der Waals surface area contributed by atoms with E-state index in [-0.39, 0.29) is 12.5 Å². The predicted molar refractivity (Wildman–Crippen MR) is 85.5 cm³/mol. The molecule has 1 aromatic rings. The number of hydrogen-bond acceptors (Lipinski definition) is 4. The number of amides is 1. The first kappa shape index (κ1) is 16.0. The molecule has 0 aliphatic carbocycles. The van der Waals surface area contributed by atoms with Crippen molar-refractivity contribution >= 4 is 17.2 Å². The van der Waals surface area contributed by atoms with Crippen molar-refractivity contribution in [3.05, 3.63) is 21.9 Å². The molecule has 4 nitrogen and oxygen atoms in total. The summed E-state index contributed by atoms with van der Waals surface area (Å²) in [5.74, 6) is 5.76. The Morgan fingerprint density at radius 3 is 3.00 bits per heavy atom. The minimum absolute atomic E-state index is 0.0476. The van der Waals surface area contributed by atoms with E-state index >= 15 is 0 Å². The number of hydrogen-bond donors (Lipinski definition) is 2. The van der Waals surface area contributed by atoms with Gasteiger partial charge in [-0.1, -0.05) is 11.8 Å². The third-order valence-corrected chi connectivity index (χ3v) is 4.57. The van der Waals surface area contributed by atoms with Crippen LogP contribution in [0.5, 0.6) is 0 Å². The van der Waals surface area contributed by atoms with E-state index in [9.17, 15) is 4.79 Å². The van der Waals surface area contributed by atoms with E-state index in [2.05, 4.69) is 29.0 Å². The number of rotatable bonds is 5. The number of nitrogens with one attached hydrogen (secondary N) is 1. The van der Waals surface area contributed by atoms with Gasteiger partial charge in [0.05, 0.1) is 6.61 Å². The van der Waals surface area contributed by atoms with Crippen LogP contribution >= 0.6 is 11.3 Å². The van der Waals surface area contributed by atoms with Crippen LogP contribution in [0.3, 0.4) is 0 Å². The number of aliphatic hydroxyl groups is 1. The number of carbonyl (C=O) groups is 1. The van der Waals surface area contributed by atoms with Crippen LogP contribution in [0.25, 0.3) is 0 Å². The first-order valence-corrected chi connectivity index (χ1v) is 8.30. The van der Waals surface area contributed by atoms with Gasteiger partial charge in [0.25, 0.3) is 5.91 Å². The summed E-state index contributed by atoms with van der Waals surface area (Å²) >= 11 is 1.41. The fourth-order valence-electron chi connectivity index (χ4n) is 2.43. The lowest BCUT2D eigenvalue weighted by molar-refractivity contribution is 0.0944. The molecule has 1 fully saturated rings. The molecule has 0 saturated carbocycles. The molecule has 2 rings (SSSR count). The number of aliphatic hydroxyl groups excluding tert-OH is 1. The van der Waals surface area contributed by atoms with Crippen LogP contribution in [0, 0.1) is 11.8 Å². The highest BCUT2D eigenvalue weighted by molar-refractivity contribution is 7.12. The molecule has 0 bridgehead atoms. The second-order valence-corrected chi connectivity index (χ2v) is 6.16. The summed E-state index contributed by atoms with van der Waals surface area (Å²) in [6.45, 7) is 5.14. The molecule has 1 aromatic heterocycles. The van der Waals surface area contributed by atoms with Gasteiger partial charge >= 0.3 is 0 Å². The Morgan fingerprint density at radius 1 is 1.52 bits per heavy atom. The molecule has 2 N–H and O–H groups in total. The largest absolute Gasteiger partial charge is 0.395 e. The summed E-state index contributed by atoms with van der Waals surface area (Å²) in [7, 11) is 0. The minimum Gasteiger partial charge on any atom is -0.395 e. The number of likely N-dealkylation sites (tertiary alicyclic amines) is 1. The van der Waals surface area contributed by atoms with Crippen LogP contribution in [-0.4, -0.2) is 48.2 Å². The highest BCUT2D eigenvalue weighted by atomic mass is 32.1. The second-order valence-electron chi connectivity index (χ2n) is 5.24. The van der Waals surface area contributed by atoms with Gasteiger partial charge in [0.1, 0.15) is 4.88 Å². The van der Waals surface area contributed by atoms with Gasteiger partial charge in [0.2, 0.25) is 0 Å². The van der Waals surface area contributed by atoms with Gasteiger partial charge in [-0.2, -0.15) is 0 Å². The fourth-order valence-corrected chi connectivity index (χ4v) is 3.19. The summed E-state index contributed by atoms with van der Waals surface area (Å²) in [4.78, 5) is 15.3. The monoisotopic (exact) mass is 306 g/mol. The minimum atomic E-state index is -0.0515. The Kier molecular flexibility index (Phi) is 6.24. The lowest BCUT2D eigenvalue weighted by Crippen LogP contribution is -2.40. The van der Waals surface area contributed by atoms with E-state index in [4.69, 9.17) is 5.11 Å². The van der Waals surface area contributed by atoms with Crippen molar-refractivity contribution in [3.63, 3.8) is 0 Å². The van der Waals surface area contributed by atoms with E-state index in [0.29, 0.717) is 23.9 Å². The Bertz CT molecular complexity index is 524. The van der Waals surface area contributed by atoms with E-state index in [1.165, 1.54) is 24.2 Å². The van der Waals surface area contributed by atoms with Crippen molar-refractivity contribution in [2.24, 2.45) is 0 Å². The molecule has 0 radical (unpaired) electrons. The van der Waals surface area contributed by atoms with Crippen LogP contribution in [-0.2, 0) is 0 Å².